The van der Waals surface area contributed by atoms with Gasteiger partial charge in [-0.15, -0.1) is 0 Å². The summed E-state index contributed by atoms with van der Waals surface area (Å²) in [5.41, 5.74) is 0. The molecule has 0 aliphatic rings. The Bertz CT molecular complexity index is 1200. The van der Waals surface area contributed by atoms with E-state index in [0.29, 0.717) is 0 Å². The second-order valence-electron chi connectivity index (χ2n) is 8.25. The van der Waals surface area contributed by atoms with Gasteiger partial charge < -0.3 is 0 Å². The predicted molar refractivity (Wildman–Crippen MR) is 87.9 cm³/mol. The van der Waals surface area contributed by atoms with Crippen molar-refractivity contribution in [3.8, 4) is 0 Å². The minimum absolute atomic E-state index is 0.129. The van der Waals surface area contributed by atoms with Gasteiger partial charge in [0.1, 0.15) is 0 Å². The van der Waals surface area contributed by atoms with Crippen LogP contribution < -0.4 is 0 Å². The summed E-state index contributed by atoms with van der Waals surface area (Å²) in [5.74, 6) is -80.5. The van der Waals surface area contributed by atoms with Crippen LogP contribution >= 0.6 is 7.82 Å². The highest BCUT2D eigenvalue weighted by Crippen LogP contribution is 2.69. The normalized spacial score (nSPS) is 18.9. The molecule has 2 unspecified atom stereocenters. The zero-order chi connectivity index (χ0) is 39.8. The molecule has 0 N–H and O–H groups in total. The topological polar surface area (TPSA) is 44.8 Å². The molecular weight excluding hydrogens is 807 g/mol. The second kappa shape index (κ2) is 11.9. The average molecular weight is 812 g/mol. The Morgan fingerprint density at radius 2 is 0.646 bits per heavy atom. The monoisotopic (exact) mass is 812 g/mol. The lowest BCUT2D eigenvalue weighted by atomic mass is 9.93. The molecule has 2 atom stereocenters. The molecule has 0 aromatic rings. The molecular formula is C15H5F28O4P. The summed E-state index contributed by atoms with van der Waals surface area (Å²) in [6.07, 6.45) is -33.4. The first-order chi connectivity index (χ1) is 20.2. The lowest BCUT2D eigenvalue weighted by Gasteiger charge is -2.43. The van der Waals surface area contributed by atoms with Crippen molar-refractivity contribution in [3.63, 3.8) is 0 Å². The van der Waals surface area contributed by atoms with E-state index in [1.807, 2.05) is 0 Å². The van der Waals surface area contributed by atoms with E-state index in [0.717, 1.165) is 0 Å². The van der Waals surface area contributed by atoms with Crippen LogP contribution in [0.15, 0.2) is 0 Å². The van der Waals surface area contributed by atoms with E-state index in [1.165, 1.54) is 0 Å². The second-order valence-corrected chi connectivity index (χ2v) is 9.77. The summed E-state index contributed by atoms with van der Waals surface area (Å²) in [6.45, 7) is -2.47. The number of halogens is 28. The van der Waals surface area contributed by atoms with Crippen molar-refractivity contribution in [2.45, 2.75) is 84.8 Å². The van der Waals surface area contributed by atoms with Crippen LogP contribution in [0.1, 0.15) is 6.92 Å². The largest absolute Gasteiger partial charge is 0.483 e. The van der Waals surface area contributed by atoms with Crippen LogP contribution in [-0.2, 0) is 18.1 Å². The van der Waals surface area contributed by atoms with E-state index >= 15 is 0 Å². The zero-order valence-corrected chi connectivity index (χ0v) is 21.8. The number of phosphoric ester groups is 1. The van der Waals surface area contributed by atoms with E-state index in [2.05, 4.69) is 4.52 Å². The van der Waals surface area contributed by atoms with Crippen molar-refractivity contribution in [2.75, 3.05) is 6.61 Å². The highest BCUT2D eigenvalue weighted by molar-refractivity contribution is 7.48. The third-order valence-electron chi connectivity index (χ3n) is 4.96. The van der Waals surface area contributed by atoms with Gasteiger partial charge in [-0.3, -0.25) is 4.52 Å². The average Bonchev–Trinajstić information content (AvgIpc) is 2.80. The molecule has 0 saturated heterocycles. The fraction of sp³-hybridized carbons (Fsp3) is 1.00. The fourth-order valence-corrected chi connectivity index (χ4v) is 3.78. The van der Waals surface area contributed by atoms with Crippen LogP contribution in [0.5, 0.6) is 0 Å². The van der Waals surface area contributed by atoms with Gasteiger partial charge >= 0.3 is 85.7 Å². The Balaban J connectivity index is 7.49. The van der Waals surface area contributed by atoms with Gasteiger partial charge in [0, 0.05) is 0 Å². The molecule has 0 spiro atoms. The van der Waals surface area contributed by atoms with Gasteiger partial charge in [-0.2, -0.15) is 123 Å². The number of hydrogen-bond donors (Lipinski definition) is 0. The number of alkyl halides is 28. The highest BCUT2D eigenvalue weighted by atomic mass is 31.2. The third kappa shape index (κ3) is 6.42. The molecule has 48 heavy (non-hydrogen) atoms. The minimum Gasteiger partial charge on any atom is -0.287 e. The van der Waals surface area contributed by atoms with Gasteiger partial charge in [0.2, 0.25) is 0 Å². The summed E-state index contributed by atoms with van der Waals surface area (Å²) in [6, 6.07) is 0. The summed E-state index contributed by atoms with van der Waals surface area (Å²) in [7, 11) is -8.89. The molecule has 290 valence electrons. The van der Waals surface area contributed by atoms with Crippen LogP contribution in [0.4, 0.5) is 123 Å². The summed E-state index contributed by atoms with van der Waals surface area (Å²) < 4.78 is 387. The van der Waals surface area contributed by atoms with Crippen LogP contribution in [0.2, 0.25) is 0 Å². The third-order valence-corrected chi connectivity index (χ3v) is 6.47. The van der Waals surface area contributed by atoms with E-state index in [9.17, 15) is 127 Å². The molecule has 0 amide bonds. The summed E-state index contributed by atoms with van der Waals surface area (Å²) in [5, 5.41) is 0. The maximum absolute atomic E-state index is 14.4. The van der Waals surface area contributed by atoms with Crippen molar-refractivity contribution >= 4 is 7.82 Å². The summed E-state index contributed by atoms with van der Waals surface area (Å²) in [4.78, 5) is 0. The number of phosphoric acid groups is 1. The maximum atomic E-state index is 14.4. The standard InChI is InChI=1S/C15H5F28O4P/c1-2-45-48(44,46-11(32,14(39,40)41)7(24,25)6(22,23)9(28,29)13(36,37)38)47-15(42,43)10(30,31)5(20,21)3(16,17)4(18,19)8(26,27)12(33,34)35/h2H2,1H3. The lowest BCUT2D eigenvalue weighted by Crippen LogP contribution is -2.73. The Morgan fingerprint density at radius 1 is 0.375 bits per heavy atom. The van der Waals surface area contributed by atoms with Crippen molar-refractivity contribution in [2.24, 2.45) is 0 Å². The first-order valence-corrected chi connectivity index (χ1v) is 11.6. The molecule has 0 aromatic heterocycles. The number of hydrogen-bond acceptors (Lipinski definition) is 4. The van der Waals surface area contributed by atoms with Crippen molar-refractivity contribution in [1.29, 1.82) is 0 Å². The predicted octanol–water partition coefficient (Wildman–Crippen LogP) is 10.2. The van der Waals surface area contributed by atoms with Crippen LogP contribution in [0, 0.1) is 0 Å². The first kappa shape index (κ1) is 46.1. The molecule has 0 bridgehead atoms. The molecule has 0 radical (unpaired) electrons. The molecule has 0 fully saturated rings. The van der Waals surface area contributed by atoms with Gasteiger partial charge in [-0.25, -0.2) is 13.6 Å². The Kier molecular flexibility index (Phi) is 11.4. The van der Waals surface area contributed by atoms with E-state index in [-0.39, 0.29) is 6.92 Å². The van der Waals surface area contributed by atoms with E-state index in [4.69, 9.17) is 0 Å². The van der Waals surface area contributed by atoms with E-state index < -0.39 is 92.3 Å². The lowest BCUT2D eigenvalue weighted by molar-refractivity contribution is -0.470. The fourth-order valence-electron chi connectivity index (χ4n) is 2.40. The van der Waals surface area contributed by atoms with E-state index in [1.54, 1.807) is 9.05 Å². The van der Waals surface area contributed by atoms with Crippen LogP contribution in [0.3, 0.4) is 0 Å². The van der Waals surface area contributed by atoms with Gasteiger partial charge in [0.05, 0.1) is 6.61 Å². The molecule has 0 rings (SSSR count). The van der Waals surface area contributed by atoms with Gasteiger partial charge in [-0.1, -0.05) is 0 Å². The highest BCUT2D eigenvalue weighted by Gasteiger charge is 2.95. The summed E-state index contributed by atoms with van der Waals surface area (Å²) >= 11 is 0. The molecule has 0 aromatic carbocycles. The Labute approximate surface area is 241 Å². The first-order valence-electron chi connectivity index (χ1n) is 10.2. The van der Waals surface area contributed by atoms with Crippen molar-refractivity contribution in [1.82, 2.24) is 0 Å². The minimum atomic E-state index is -9.25. The Morgan fingerprint density at radius 3 is 0.917 bits per heavy atom. The SMILES string of the molecule is CCOP(=O)(OC(F)(F)C(F)(F)C(F)(F)C(F)(F)C(F)(F)C(F)(F)C(F)(F)F)OC(F)(C(F)(F)F)C(F)(F)C(F)(F)C(F)(F)C(F)(F)F. The van der Waals surface area contributed by atoms with Crippen molar-refractivity contribution < 1.29 is 141 Å². The molecule has 33 heteroatoms. The molecule has 0 heterocycles. The zero-order valence-electron chi connectivity index (χ0n) is 20.9. The van der Waals surface area contributed by atoms with Gasteiger partial charge in [0.15, 0.2) is 0 Å². The number of rotatable bonds is 14. The smallest absolute Gasteiger partial charge is 0.287 e. The Hall–Kier alpha value is -1.85. The molecule has 0 aliphatic heterocycles. The molecule has 0 saturated carbocycles. The molecule has 0 aliphatic carbocycles. The van der Waals surface area contributed by atoms with Crippen LogP contribution in [-0.4, -0.2) is 84.5 Å². The quantitative estimate of drug-likeness (QED) is 0.130. The van der Waals surface area contributed by atoms with Crippen molar-refractivity contribution in [3.05, 3.63) is 0 Å². The maximum Gasteiger partial charge on any atom is 0.483 e. The van der Waals surface area contributed by atoms with Gasteiger partial charge in [-0.05, 0) is 6.92 Å². The van der Waals surface area contributed by atoms with Gasteiger partial charge in [0.25, 0.3) is 0 Å². The van der Waals surface area contributed by atoms with Crippen LogP contribution in [0.25, 0.3) is 0 Å². The molecule has 4 nitrogen and oxygen atoms in total.